The Morgan fingerprint density at radius 3 is 2.10 bits per heavy atom. The molecule has 0 spiro atoms. The molecule has 7 heteroatoms. The fourth-order valence-electron chi connectivity index (χ4n) is 3.14. The average Bonchev–Trinajstić information content (AvgIpc) is 2.79. The van der Waals surface area contributed by atoms with Crippen LogP contribution in [0, 0.1) is 6.92 Å². The summed E-state index contributed by atoms with van der Waals surface area (Å²) in [5.74, 6) is -0.203. The van der Waals surface area contributed by atoms with Gasteiger partial charge in [0.2, 0.25) is 0 Å². The molecule has 0 bridgehead atoms. The highest BCUT2D eigenvalue weighted by atomic mass is 32.2. The van der Waals surface area contributed by atoms with Crippen LogP contribution in [0.1, 0.15) is 28.4 Å². The van der Waals surface area contributed by atoms with Crippen molar-refractivity contribution in [1.29, 1.82) is 0 Å². The van der Waals surface area contributed by atoms with Gasteiger partial charge in [0, 0.05) is 23.5 Å². The van der Waals surface area contributed by atoms with Gasteiger partial charge in [-0.15, -0.1) is 11.8 Å². The highest BCUT2D eigenvalue weighted by Crippen LogP contribution is 2.25. The lowest BCUT2D eigenvalue weighted by Gasteiger charge is -2.23. The molecule has 0 aliphatic carbocycles. The fourth-order valence-corrected chi connectivity index (χ4v) is 5.02. The number of anilines is 1. The first kappa shape index (κ1) is 22.9. The van der Waals surface area contributed by atoms with Crippen LogP contribution in [0.15, 0.2) is 82.6 Å². The summed E-state index contributed by atoms with van der Waals surface area (Å²) in [5, 5.41) is 2.89. The molecule has 162 valence electrons. The Kier molecular flexibility index (Phi) is 7.41. The van der Waals surface area contributed by atoms with E-state index in [2.05, 4.69) is 5.32 Å². The van der Waals surface area contributed by atoms with Crippen molar-refractivity contribution in [2.24, 2.45) is 0 Å². The minimum absolute atomic E-state index is 0.203. The molecule has 3 aromatic rings. The molecule has 0 aliphatic rings. The maximum atomic E-state index is 13.1. The summed E-state index contributed by atoms with van der Waals surface area (Å²) >= 11 is 1.56. The smallest absolute Gasteiger partial charge is 0.264 e. The van der Waals surface area contributed by atoms with Crippen molar-refractivity contribution < 1.29 is 13.2 Å². The van der Waals surface area contributed by atoms with E-state index in [1.165, 1.54) is 9.87 Å². The zero-order chi connectivity index (χ0) is 22.4. The molecule has 0 aromatic heterocycles. The van der Waals surface area contributed by atoms with Crippen LogP contribution in [0.3, 0.4) is 0 Å². The predicted octanol–water partition coefficient (Wildman–Crippen LogP) is 4.86. The van der Waals surface area contributed by atoms with Gasteiger partial charge in [-0.3, -0.25) is 9.10 Å². The highest BCUT2D eigenvalue weighted by Gasteiger charge is 2.23. The van der Waals surface area contributed by atoms with Crippen LogP contribution in [-0.4, -0.2) is 27.1 Å². The summed E-state index contributed by atoms with van der Waals surface area (Å²) < 4.78 is 27.6. The third-order valence-electron chi connectivity index (χ3n) is 4.93. The molecule has 0 fully saturated rings. The number of nitrogens with one attached hydrogen (secondary N) is 1. The second-order valence-corrected chi connectivity index (χ2v) is 9.80. The zero-order valence-electron chi connectivity index (χ0n) is 17.8. The van der Waals surface area contributed by atoms with Crippen LogP contribution >= 0.6 is 11.8 Å². The van der Waals surface area contributed by atoms with E-state index in [1.54, 1.807) is 67.2 Å². The van der Waals surface area contributed by atoms with Crippen molar-refractivity contribution in [3.63, 3.8) is 0 Å². The van der Waals surface area contributed by atoms with Crippen LogP contribution in [0.4, 0.5) is 5.69 Å². The number of amides is 1. The lowest BCUT2D eigenvalue weighted by Crippen LogP contribution is -2.31. The fraction of sp³-hybridized carbons (Fsp3) is 0.208. The van der Waals surface area contributed by atoms with Crippen molar-refractivity contribution in [2.45, 2.75) is 30.2 Å². The van der Waals surface area contributed by atoms with Gasteiger partial charge in [0.1, 0.15) is 0 Å². The lowest BCUT2D eigenvalue weighted by atomic mass is 10.1. The maximum Gasteiger partial charge on any atom is 0.264 e. The summed E-state index contributed by atoms with van der Waals surface area (Å²) in [6.07, 6.45) is 1.94. The van der Waals surface area contributed by atoms with Crippen LogP contribution in [0.25, 0.3) is 0 Å². The summed E-state index contributed by atoms with van der Waals surface area (Å²) in [4.78, 5) is 13.7. The number of hydrogen-bond acceptors (Lipinski definition) is 4. The highest BCUT2D eigenvalue weighted by molar-refractivity contribution is 7.98. The summed E-state index contributed by atoms with van der Waals surface area (Å²) in [7, 11) is -3.69. The molecule has 0 saturated carbocycles. The maximum absolute atomic E-state index is 13.1. The molecule has 5 nitrogen and oxygen atoms in total. The van der Waals surface area contributed by atoms with Crippen molar-refractivity contribution in [2.75, 3.05) is 17.1 Å². The first-order valence-corrected chi connectivity index (χ1v) is 12.6. The number of nitrogens with zero attached hydrogens (tertiary/aromatic N) is 1. The molecule has 3 rings (SSSR count). The Hall–Kier alpha value is -2.77. The predicted molar refractivity (Wildman–Crippen MR) is 127 cm³/mol. The number of carbonyl (C=O) groups excluding carboxylic acids is 1. The minimum Gasteiger partial charge on any atom is -0.348 e. The largest absolute Gasteiger partial charge is 0.348 e. The number of rotatable bonds is 8. The van der Waals surface area contributed by atoms with E-state index in [-0.39, 0.29) is 17.3 Å². The molecule has 0 saturated heterocycles. The van der Waals surface area contributed by atoms with E-state index in [4.69, 9.17) is 0 Å². The van der Waals surface area contributed by atoms with E-state index < -0.39 is 10.0 Å². The molecule has 1 N–H and O–H groups in total. The summed E-state index contributed by atoms with van der Waals surface area (Å²) in [5.41, 5.74) is 3.19. The van der Waals surface area contributed by atoms with E-state index in [1.807, 2.05) is 37.4 Å². The molecule has 31 heavy (non-hydrogen) atoms. The number of thioether (sulfide) groups is 1. The molecular weight excluding hydrogens is 428 g/mol. The van der Waals surface area contributed by atoms with Gasteiger partial charge in [-0.2, -0.15) is 0 Å². The summed E-state index contributed by atoms with van der Waals surface area (Å²) in [6, 6.07) is 21.4. The molecule has 0 atom stereocenters. The third-order valence-corrected chi connectivity index (χ3v) is 7.59. The Labute approximate surface area is 188 Å². The molecule has 0 heterocycles. The SMILES string of the molecule is CCN(c1ccc(C(=O)NCc2ccc(C)cc2)cc1)S(=O)(=O)c1ccc(SC)cc1. The molecule has 0 radical (unpaired) electrons. The normalized spacial score (nSPS) is 11.2. The van der Waals surface area contributed by atoms with Crippen LogP contribution in [-0.2, 0) is 16.6 Å². The average molecular weight is 455 g/mol. The third kappa shape index (κ3) is 5.48. The topological polar surface area (TPSA) is 66.5 Å². The standard InChI is InChI=1S/C24H26N2O3S2/c1-4-26(31(28,29)23-15-13-22(30-3)14-16-23)21-11-9-20(10-12-21)24(27)25-17-19-7-5-18(2)6-8-19/h5-16H,4,17H2,1-3H3,(H,25,27). The lowest BCUT2D eigenvalue weighted by molar-refractivity contribution is 0.0951. The van der Waals surface area contributed by atoms with E-state index in [0.29, 0.717) is 17.8 Å². The van der Waals surface area contributed by atoms with Gasteiger partial charge >= 0.3 is 0 Å². The molecule has 0 unspecified atom stereocenters. The Morgan fingerprint density at radius 2 is 1.55 bits per heavy atom. The van der Waals surface area contributed by atoms with Crippen molar-refractivity contribution in [1.82, 2.24) is 5.32 Å². The van der Waals surface area contributed by atoms with Crippen LogP contribution in [0.2, 0.25) is 0 Å². The van der Waals surface area contributed by atoms with Gasteiger partial charge < -0.3 is 5.32 Å². The number of aryl methyl sites for hydroxylation is 1. The van der Waals surface area contributed by atoms with E-state index >= 15 is 0 Å². The van der Waals surface area contributed by atoms with E-state index in [0.717, 1.165) is 10.5 Å². The number of benzene rings is 3. The van der Waals surface area contributed by atoms with Crippen molar-refractivity contribution in [3.8, 4) is 0 Å². The second kappa shape index (κ2) is 10.0. The first-order valence-electron chi connectivity index (χ1n) is 9.95. The van der Waals surface area contributed by atoms with E-state index in [9.17, 15) is 13.2 Å². The van der Waals surface area contributed by atoms with Crippen LogP contribution < -0.4 is 9.62 Å². The van der Waals surface area contributed by atoms with Gasteiger partial charge in [-0.1, -0.05) is 29.8 Å². The van der Waals surface area contributed by atoms with Gasteiger partial charge in [0.15, 0.2) is 0 Å². The Bertz CT molecular complexity index is 1120. The monoisotopic (exact) mass is 454 g/mol. The first-order chi connectivity index (χ1) is 14.8. The number of carbonyl (C=O) groups is 1. The van der Waals surface area contributed by atoms with Crippen molar-refractivity contribution in [3.05, 3.63) is 89.5 Å². The van der Waals surface area contributed by atoms with Gasteiger partial charge in [0.25, 0.3) is 15.9 Å². The molecule has 0 aliphatic heterocycles. The number of sulfonamides is 1. The molecule has 1 amide bonds. The van der Waals surface area contributed by atoms with Gasteiger partial charge in [-0.05, 0) is 74.2 Å². The Balaban J connectivity index is 1.73. The Morgan fingerprint density at radius 1 is 0.935 bits per heavy atom. The molecular formula is C24H26N2O3S2. The van der Waals surface area contributed by atoms with Gasteiger partial charge in [-0.25, -0.2) is 8.42 Å². The quantitative estimate of drug-likeness (QED) is 0.494. The van der Waals surface area contributed by atoms with Crippen molar-refractivity contribution >= 4 is 33.4 Å². The van der Waals surface area contributed by atoms with Crippen LogP contribution in [0.5, 0.6) is 0 Å². The number of hydrogen-bond donors (Lipinski definition) is 1. The second-order valence-electron chi connectivity index (χ2n) is 7.06. The minimum atomic E-state index is -3.69. The summed E-state index contributed by atoms with van der Waals surface area (Å²) in [6.45, 7) is 4.52. The van der Waals surface area contributed by atoms with Gasteiger partial charge in [0.05, 0.1) is 10.6 Å². The zero-order valence-corrected chi connectivity index (χ0v) is 19.5. The molecule has 3 aromatic carbocycles.